The molecule has 114 valence electrons. The van der Waals surface area contributed by atoms with Crippen molar-refractivity contribution in [3.63, 3.8) is 0 Å². The lowest BCUT2D eigenvalue weighted by molar-refractivity contribution is -0.151. The highest BCUT2D eigenvalue weighted by Gasteiger charge is 2.32. The number of rotatable bonds is 6. The van der Waals surface area contributed by atoms with Crippen molar-refractivity contribution in [2.24, 2.45) is 0 Å². The number of nitrogens with zero attached hydrogens (tertiary/aromatic N) is 1. The third kappa shape index (κ3) is 6.77. The van der Waals surface area contributed by atoms with Crippen molar-refractivity contribution in [1.82, 2.24) is 4.90 Å². The van der Waals surface area contributed by atoms with E-state index in [1.165, 1.54) is 13.1 Å². The molecule has 0 aliphatic carbocycles. The Morgan fingerprint density at radius 2 is 1.90 bits per heavy atom. The van der Waals surface area contributed by atoms with Crippen molar-refractivity contribution in [1.29, 1.82) is 0 Å². The number of hydrogen-bond acceptors (Lipinski definition) is 5. The van der Waals surface area contributed by atoms with Crippen LogP contribution in [0.1, 0.15) is 27.2 Å². The molecule has 0 saturated carbocycles. The maximum Gasteiger partial charge on any atom is 0.410 e. The number of hydrogen-bond donors (Lipinski definition) is 1. The molecule has 0 aromatic heterocycles. The predicted molar refractivity (Wildman–Crippen MR) is 71.2 cm³/mol. The number of likely N-dealkylation sites (N-methyl/N-ethyl adjacent to an activating group) is 1. The van der Waals surface area contributed by atoms with Crippen molar-refractivity contribution in [3.8, 4) is 0 Å². The summed E-state index contributed by atoms with van der Waals surface area (Å²) < 4.78 is 9.75. The Bertz CT molecular complexity index is 385. The van der Waals surface area contributed by atoms with Crippen LogP contribution in [0.2, 0.25) is 0 Å². The summed E-state index contributed by atoms with van der Waals surface area (Å²) >= 11 is 0. The van der Waals surface area contributed by atoms with Crippen LogP contribution in [0.25, 0.3) is 0 Å². The standard InChI is InChI=1S/C13H21NO6/c1-6-7-19-10(15)8-9(11(16)17)14(5)12(18)20-13(2,3)4/h6,9H,1,7-8H2,2-5H3,(H,16,17)/t9-/m0/s1. The van der Waals surface area contributed by atoms with Crippen LogP contribution in [-0.4, -0.2) is 53.3 Å². The van der Waals surface area contributed by atoms with E-state index in [0.717, 1.165) is 4.90 Å². The quantitative estimate of drug-likeness (QED) is 0.586. The highest BCUT2D eigenvalue weighted by molar-refractivity contribution is 5.85. The summed E-state index contributed by atoms with van der Waals surface area (Å²) in [6, 6.07) is -1.35. The normalized spacial score (nSPS) is 12.2. The van der Waals surface area contributed by atoms with E-state index in [1.54, 1.807) is 20.8 Å². The molecule has 1 amide bonds. The molecule has 0 aliphatic heterocycles. The van der Waals surface area contributed by atoms with Crippen LogP contribution >= 0.6 is 0 Å². The molecular weight excluding hydrogens is 266 g/mol. The minimum atomic E-state index is -1.35. The molecule has 0 bridgehead atoms. The van der Waals surface area contributed by atoms with E-state index in [1.807, 2.05) is 0 Å². The lowest BCUT2D eigenvalue weighted by atomic mass is 10.2. The fraction of sp³-hybridized carbons (Fsp3) is 0.615. The van der Waals surface area contributed by atoms with Crippen molar-refractivity contribution >= 4 is 18.0 Å². The molecule has 0 heterocycles. The van der Waals surface area contributed by atoms with Crippen molar-refractivity contribution in [2.75, 3.05) is 13.7 Å². The van der Waals surface area contributed by atoms with Gasteiger partial charge in [0, 0.05) is 7.05 Å². The zero-order valence-corrected chi connectivity index (χ0v) is 12.2. The van der Waals surface area contributed by atoms with Gasteiger partial charge in [-0.15, -0.1) is 0 Å². The van der Waals surface area contributed by atoms with Crippen molar-refractivity contribution < 1.29 is 29.0 Å². The predicted octanol–water partition coefficient (Wildman–Crippen LogP) is 1.43. The number of carbonyl (C=O) groups excluding carboxylic acids is 2. The number of aliphatic carboxylic acids is 1. The first-order chi connectivity index (χ1) is 9.08. The molecule has 0 fully saturated rings. The second-order valence-electron chi connectivity index (χ2n) is 5.12. The molecule has 0 rings (SSSR count). The zero-order valence-electron chi connectivity index (χ0n) is 12.2. The molecule has 20 heavy (non-hydrogen) atoms. The Hall–Kier alpha value is -2.05. The second kappa shape index (κ2) is 7.52. The van der Waals surface area contributed by atoms with Crippen molar-refractivity contribution in [2.45, 2.75) is 38.8 Å². The van der Waals surface area contributed by atoms with Crippen LogP contribution < -0.4 is 0 Å². The molecule has 0 saturated heterocycles. The Labute approximate surface area is 118 Å². The maximum absolute atomic E-state index is 11.8. The number of carboxylic acid groups (broad SMARTS) is 1. The van der Waals surface area contributed by atoms with Crippen LogP contribution in [0, 0.1) is 0 Å². The van der Waals surface area contributed by atoms with Crippen LogP contribution in [0.15, 0.2) is 12.7 Å². The first kappa shape index (κ1) is 17.9. The number of amides is 1. The van der Waals surface area contributed by atoms with Gasteiger partial charge in [0.1, 0.15) is 18.2 Å². The summed E-state index contributed by atoms with van der Waals surface area (Å²) in [5.41, 5.74) is -0.752. The van der Waals surface area contributed by atoms with Crippen LogP contribution in [0.4, 0.5) is 4.79 Å². The fourth-order valence-electron chi connectivity index (χ4n) is 1.22. The number of carboxylic acids is 1. The largest absolute Gasteiger partial charge is 0.480 e. The van der Waals surface area contributed by atoms with E-state index < -0.39 is 36.1 Å². The van der Waals surface area contributed by atoms with Gasteiger partial charge in [-0.3, -0.25) is 9.69 Å². The van der Waals surface area contributed by atoms with Gasteiger partial charge < -0.3 is 14.6 Å². The molecule has 7 heteroatoms. The molecule has 0 aromatic carbocycles. The minimum absolute atomic E-state index is 0.0126. The van der Waals surface area contributed by atoms with Gasteiger partial charge in [-0.2, -0.15) is 0 Å². The Morgan fingerprint density at radius 3 is 2.30 bits per heavy atom. The van der Waals surface area contributed by atoms with E-state index >= 15 is 0 Å². The van der Waals surface area contributed by atoms with E-state index in [9.17, 15) is 14.4 Å². The Morgan fingerprint density at radius 1 is 1.35 bits per heavy atom. The first-order valence-corrected chi connectivity index (χ1v) is 6.03. The smallest absolute Gasteiger partial charge is 0.410 e. The highest BCUT2D eigenvalue weighted by atomic mass is 16.6. The number of esters is 1. The third-order valence-corrected chi connectivity index (χ3v) is 2.16. The van der Waals surface area contributed by atoms with Crippen LogP contribution in [0.3, 0.4) is 0 Å². The van der Waals surface area contributed by atoms with Crippen LogP contribution in [-0.2, 0) is 19.1 Å². The fourth-order valence-corrected chi connectivity index (χ4v) is 1.22. The SMILES string of the molecule is C=CCOC(=O)C[C@@H](C(=O)O)N(C)C(=O)OC(C)(C)C. The van der Waals surface area contributed by atoms with Gasteiger partial charge in [0.2, 0.25) is 0 Å². The molecule has 1 N–H and O–H groups in total. The molecule has 7 nitrogen and oxygen atoms in total. The minimum Gasteiger partial charge on any atom is -0.480 e. The van der Waals surface area contributed by atoms with Gasteiger partial charge in [0.25, 0.3) is 0 Å². The summed E-state index contributed by atoms with van der Waals surface area (Å²) in [5.74, 6) is -2.04. The summed E-state index contributed by atoms with van der Waals surface area (Å²) in [6.07, 6.45) is 0.0888. The van der Waals surface area contributed by atoms with Gasteiger partial charge in [-0.05, 0) is 20.8 Å². The van der Waals surface area contributed by atoms with Crippen LogP contribution in [0.5, 0.6) is 0 Å². The number of carbonyl (C=O) groups is 3. The molecule has 1 atom stereocenters. The molecule has 0 spiro atoms. The van der Waals surface area contributed by atoms with E-state index in [0.29, 0.717) is 0 Å². The van der Waals surface area contributed by atoms with Gasteiger partial charge in [0.15, 0.2) is 0 Å². The lowest BCUT2D eigenvalue weighted by Gasteiger charge is -2.28. The third-order valence-electron chi connectivity index (χ3n) is 2.16. The molecule has 0 aromatic rings. The average molecular weight is 287 g/mol. The molecule has 0 unspecified atom stereocenters. The van der Waals surface area contributed by atoms with E-state index in [2.05, 4.69) is 6.58 Å². The zero-order chi connectivity index (χ0) is 15.9. The van der Waals surface area contributed by atoms with Gasteiger partial charge in [-0.25, -0.2) is 9.59 Å². The second-order valence-corrected chi connectivity index (χ2v) is 5.12. The number of ether oxygens (including phenoxy) is 2. The summed E-state index contributed by atoms with van der Waals surface area (Å²) in [6.45, 7) is 8.34. The van der Waals surface area contributed by atoms with Gasteiger partial charge >= 0.3 is 18.0 Å². The van der Waals surface area contributed by atoms with Gasteiger partial charge in [-0.1, -0.05) is 12.7 Å². The van der Waals surface area contributed by atoms with E-state index in [-0.39, 0.29) is 6.61 Å². The molecule has 0 aliphatic rings. The summed E-state index contributed by atoms with van der Waals surface area (Å²) in [5, 5.41) is 9.09. The maximum atomic E-state index is 11.8. The first-order valence-electron chi connectivity index (χ1n) is 6.03. The lowest BCUT2D eigenvalue weighted by Crippen LogP contribution is -2.46. The average Bonchev–Trinajstić information content (AvgIpc) is 2.29. The molecular formula is C13H21NO6. The van der Waals surface area contributed by atoms with E-state index in [4.69, 9.17) is 14.6 Å². The van der Waals surface area contributed by atoms with Crippen molar-refractivity contribution in [3.05, 3.63) is 12.7 Å². The monoisotopic (exact) mass is 287 g/mol. The highest BCUT2D eigenvalue weighted by Crippen LogP contribution is 2.12. The summed E-state index contributed by atoms with van der Waals surface area (Å²) in [4.78, 5) is 35.2. The summed E-state index contributed by atoms with van der Waals surface area (Å²) in [7, 11) is 1.26. The van der Waals surface area contributed by atoms with Gasteiger partial charge in [0.05, 0.1) is 6.42 Å². The topological polar surface area (TPSA) is 93.1 Å². The Balaban J connectivity index is 4.74. The molecule has 0 radical (unpaired) electrons. The Kier molecular flexibility index (Phi) is 6.75.